The average Bonchev–Trinajstić information content (AvgIpc) is 3.04. The van der Waals surface area contributed by atoms with Crippen LogP contribution >= 0.6 is 0 Å². The Labute approximate surface area is 181 Å². The predicted octanol–water partition coefficient (Wildman–Crippen LogP) is 2.21. The summed E-state index contributed by atoms with van der Waals surface area (Å²) >= 11 is 0. The van der Waals surface area contributed by atoms with Gasteiger partial charge in [0.15, 0.2) is 0 Å². The van der Waals surface area contributed by atoms with Crippen molar-refractivity contribution in [3.05, 3.63) is 65.7 Å². The van der Waals surface area contributed by atoms with Crippen LogP contribution < -0.4 is 4.72 Å². The van der Waals surface area contributed by atoms with Crippen LogP contribution in [0.25, 0.3) is 0 Å². The van der Waals surface area contributed by atoms with Gasteiger partial charge in [-0.25, -0.2) is 13.1 Å². The molecule has 0 bridgehead atoms. The number of sulfonamides is 1. The molecule has 0 saturated heterocycles. The summed E-state index contributed by atoms with van der Waals surface area (Å²) in [7, 11) is -3.87. The molecular weight excluding hydrogens is 375 g/mol. The van der Waals surface area contributed by atoms with Crippen molar-refractivity contribution in [3.63, 3.8) is 0 Å². The number of carbonyl (C=O) groups excluding carboxylic acids is 1. The Morgan fingerprint density at radius 2 is 1.70 bits per heavy atom. The van der Waals surface area contributed by atoms with E-state index in [0.29, 0.717) is 0 Å². The normalized spacial score (nSPS) is 21.2. The van der Waals surface area contributed by atoms with Crippen molar-refractivity contribution in [2.75, 3.05) is 0 Å². The molecule has 1 aliphatic heterocycles. The molecule has 137 valence electrons. The largest absolute Gasteiger partial charge is 0.391 e. The molecule has 0 aromatic heterocycles. The van der Waals surface area contributed by atoms with Gasteiger partial charge in [-0.05, 0) is 30.2 Å². The third-order valence-corrected chi connectivity index (χ3v) is 5.97. The van der Waals surface area contributed by atoms with E-state index in [-0.39, 0.29) is 47.0 Å². The first-order chi connectivity index (χ1) is 12.4. The van der Waals surface area contributed by atoms with Crippen LogP contribution in [0.15, 0.2) is 64.6 Å². The van der Waals surface area contributed by atoms with Gasteiger partial charge in [0.1, 0.15) is 6.10 Å². The van der Waals surface area contributed by atoms with Gasteiger partial charge in [0.25, 0.3) is 10.0 Å². The van der Waals surface area contributed by atoms with Gasteiger partial charge < -0.3 is 4.84 Å². The number of rotatable bonds is 5. The minimum absolute atomic E-state index is 0. The summed E-state index contributed by atoms with van der Waals surface area (Å²) < 4.78 is 26.6. The maximum Gasteiger partial charge on any atom is 0.264 e. The van der Waals surface area contributed by atoms with Gasteiger partial charge in [0.05, 0.1) is 16.5 Å². The van der Waals surface area contributed by atoms with E-state index in [0.717, 1.165) is 11.1 Å². The van der Waals surface area contributed by atoms with E-state index in [1.165, 1.54) is 12.1 Å². The summed E-state index contributed by atoms with van der Waals surface area (Å²) in [5.74, 6) is -0.542. The number of nitrogens with one attached hydrogen (secondary N) is 1. The minimum Gasteiger partial charge on any atom is -0.391 e. The SMILES string of the molecule is CCC(=O)NS(=O)(=O)c1ccc(C2(c3ccccc3)C=NOC2C)cc1.[Na]. The van der Waals surface area contributed by atoms with E-state index in [4.69, 9.17) is 4.84 Å². The summed E-state index contributed by atoms with van der Waals surface area (Å²) in [5.41, 5.74) is 1.26. The number of hydrogen-bond acceptors (Lipinski definition) is 5. The Hall–Kier alpha value is -1.67. The fourth-order valence-corrected chi connectivity index (χ4v) is 4.14. The van der Waals surface area contributed by atoms with Crippen LogP contribution in [-0.4, -0.2) is 56.2 Å². The number of oxime groups is 1. The van der Waals surface area contributed by atoms with Crippen LogP contribution in [0, 0.1) is 0 Å². The molecule has 1 aliphatic rings. The van der Waals surface area contributed by atoms with Gasteiger partial charge in [-0.3, -0.25) is 4.79 Å². The summed E-state index contributed by atoms with van der Waals surface area (Å²) in [6.45, 7) is 3.52. The molecule has 1 heterocycles. The molecule has 6 nitrogen and oxygen atoms in total. The molecule has 1 radical (unpaired) electrons. The fraction of sp³-hybridized carbons (Fsp3) is 0.263. The smallest absolute Gasteiger partial charge is 0.264 e. The number of nitrogens with zero attached hydrogens (tertiary/aromatic N) is 1. The van der Waals surface area contributed by atoms with Crippen LogP contribution in [0.3, 0.4) is 0 Å². The summed E-state index contributed by atoms with van der Waals surface area (Å²) in [6, 6.07) is 16.2. The standard InChI is InChI=1S/C19H20N2O4S.Na/c1-3-18(22)21-26(23,24)17-11-9-16(10-12-17)19(13-20-25-14(19)2)15-7-5-4-6-8-15;/h4-14H,3H2,1-2H3,(H,21,22);. The molecule has 27 heavy (non-hydrogen) atoms. The van der Waals surface area contributed by atoms with Crippen molar-refractivity contribution in [1.82, 2.24) is 4.72 Å². The molecular formula is C19H20N2NaO4S. The fourth-order valence-electron chi connectivity index (χ4n) is 3.08. The van der Waals surface area contributed by atoms with Gasteiger partial charge in [-0.15, -0.1) is 0 Å². The second-order valence-electron chi connectivity index (χ2n) is 6.12. The minimum atomic E-state index is -3.87. The van der Waals surface area contributed by atoms with Crippen LogP contribution in [0.4, 0.5) is 0 Å². The number of carbonyl (C=O) groups is 1. The molecule has 0 saturated carbocycles. The number of hydrogen-bond donors (Lipinski definition) is 1. The summed E-state index contributed by atoms with van der Waals surface area (Å²) in [5, 5.41) is 3.99. The molecule has 0 aliphatic carbocycles. The van der Waals surface area contributed by atoms with Crippen LogP contribution in [-0.2, 0) is 25.1 Å². The maximum atomic E-state index is 12.3. The molecule has 2 aromatic carbocycles. The van der Waals surface area contributed by atoms with Crippen molar-refractivity contribution in [3.8, 4) is 0 Å². The van der Waals surface area contributed by atoms with E-state index in [9.17, 15) is 13.2 Å². The quantitative estimate of drug-likeness (QED) is 0.787. The van der Waals surface area contributed by atoms with Gasteiger partial charge >= 0.3 is 0 Å². The number of amides is 1. The van der Waals surface area contributed by atoms with Crippen molar-refractivity contribution < 1.29 is 18.0 Å². The predicted molar refractivity (Wildman–Crippen MR) is 104 cm³/mol. The zero-order valence-electron chi connectivity index (χ0n) is 15.5. The first-order valence-corrected chi connectivity index (χ1v) is 9.80. The zero-order chi connectivity index (χ0) is 18.8. The monoisotopic (exact) mass is 395 g/mol. The Morgan fingerprint density at radius 1 is 1.11 bits per heavy atom. The summed E-state index contributed by atoms with van der Waals surface area (Å²) in [6.07, 6.45) is 1.60. The van der Waals surface area contributed by atoms with Gasteiger partial charge in [-0.1, -0.05) is 54.5 Å². The number of benzene rings is 2. The topological polar surface area (TPSA) is 84.8 Å². The van der Waals surface area contributed by atoms with Crippen molar-refractivity contribution in [1.29, 1.82) is 0 Å². The van der Waals surface area contributed by atoms with Gasteiger partial charge in [0, 0.05) is 36.0 Å². The van der Waals surface area contributed by atoms with Gasteiger partial charge in [0.2, 0.25) is 5.91 Å². The Kier molecular flexibility index (Phi) is 6.86. The van der Waals surface area contributed by atoms with E-state index in [2.05, 4.69) is 5.16 Å². The molecule has 2 aromatic rings. The van der Waals surface area contributed by atoms with Crippen LogP contribution in [0.2, 0.25) is 0 Å². The van der Waals surface area contributed by atoms with Crippen molar-refractivity contribution in [2.45, 2.75) is 36.7 Å². The molecule has 2 unspecified atom stereocenters. The second-order valence-corrected chi connectivity index (χ2v) is 7.81. The van der Waals surface area contributed by atoms with E-state index < -0.39 is 21.3 Å². The molecule has 2 atom stereocenters. The van der Waals surface area contributed by atoms with Crippen LogP contribution in [0.5, 0.6) is 0 Å². The first-order valence-electron chi connectivity index (χ1n) is 8.32. The van der Waals surface area contributed by atoms with Crippen molar-refractivity contribution >= 4 is 51.7 Å². The van der Waals surface area contributed by atoms with Gasteiger partial charge in [-0.2, -0.15) is 0 Å². The third-order valence-electron chi connectivity index (χ3n) is 4.58. The molecule has 8 heteroatoms. The first kappa shape index (κ1) is 21.6. The third kappa shape index (κ3) is 4.11. The molecule has 1 N–H and O–H groups in total. The Morgan fingerprint density at radius 3 is 2.22 bits per heavy atom. The zero-order valence-corrected chi connectivity index (χ0v) is 18.4. The Bertz CT molecular complexity index is 930. The second kappa shape index (κ2) is 8.56. The Balaban J connectivity index is 0.00000261. The molecule has 1 amide bonds. The molecule has 3 rings (SSSR count). The van der Waals surface area contributed by atoms with E-state index >= 15 is 0 Å². The van der Waals surface area contributed by atoms with E-state index in [1.54, 1.807) is 25.3 Å². The summed E-state index contributed by atoms with van der Waals surface area (Å²) in [4.78, 5) is 16.9. The maximum absolute atomic E-state index is 12.3. The molecule has 0 fully saturated rings. The van der Waals surface area contributed by atoms with E-state index in [1.807, 2.05) is 42.0 Å². The van der Waals surface area contributed by atoms with Crippen molar-refractivity contribution in [2.24, 2.45) is 5.16 Å². The molecule has 0 spiro atoms. The van der Waals surface area contributed by atoms with Crippen LogP contribution in [0.1, 0.15) is 31.4 Å². The average molecular weight is 395 g/mol.